The fourth-order valence-corrected chi connectivity index (χ4v) is 2.99. The van der Waals surface area contributed by atoms with E-state index in [2.05, 4.69) is 34.9 Å². The van der Waals surface area contributed by atoms with Crippen molar-refractivity contribution in [1.29, 1.82) is 0 Å². The van der Waals surface area contributed by atoms with Crippen LogP contribution in [0.4, 0.5) is 0 Å². The molecule has 19 heavy (non-hydrogen) atoms. The molecule has 3 rings (SSSR count). The van der Waals surface area contributed by atoms with Gasteiger partial charge in [0.25, 0.3) is 0 Å². The van der Waals surface area contributed by atoms with E-state index in [1.165, 1.54) is 18.4 Å². The molecule has 0 aromatic heterocycles. The van der Waals surface area contributed by atoms with Crippen LogP contribution in [0.15, 0.2) is 24.3 Å². The Labute approximate surface area is 114 Å². The molecule has 2 fully saturated rings. The summed E-state index contributed by atoms with van der Waals surface area (Å²) in [7, 11) is 0. The first-order valence-electron chi connectivity index (χ1n) is 6.99. The fourth-order valence-electron chi connectivity index (χ4n) is 2.99. The number of nitrogens with zero attached hydrogens (tertiary/aromatic N) is 1. The van der Waals surface area contributed by atoms with Crippen LogP contribution in [0, 0.1) is 11.8 Å². The van der Waals surface area contributed by atoms with Crippen molar-refractivity contribution in [2.45, 2.75) is 31.6 Å². The first-order valence-corrected chi connectivity index (χ1v) is 6.99. The van der Waals surface area contributed by atoms with E-state index in [1.807, 2.05) is 6.07 Å². The zero-order valence-corrected chi connectivity index (χ0v) is 11.1. The zero-order valence-electron chi connectivity index (χ0n) is 11.1. The van der Waals surface area contributed by atoms with Gasteiger partial charge in [0.1, 0.15) is 0 Å². The Balaban J connectivity index is 1.66. The lowest BCUT2D eigenvalue weighted by molar-refractivity contribution is -0.0410. The average Bonchev–Trinajstić information content (AvgIpc) is 2.76. The van der Waals surface area contributed by atoms with Gasteiger partial charge < -0.3 is 10.5 Å². The molecule has 100 valence electrons. The number of morpholine rings is 1. The second kappa shape index (κ2) is 5.75. The van der Waals surface area contributed by atoms with Crippen LogP contribution >= 0.6 is 0 Å². The smallest absolute Gasteiger partial charge is 0.0707 e. The van der Waals surface area contributed by atoms with Gasteiger partial charge in [0, 0.05) is 25.2 Å². The van der Waals surface area contributed by atoms with Crippen LogP contribution in [0.3, 0.4) is 0 Å². The number of fused-ring (bicyclic) bond motifs is 2. The molecule has 0 radical (unpaired) electrons. The SMILES string of the molecule is NCC#Cc1cccc(CN2CC3CCC(C2)O3)c1. The molecule has 2 heterocycles. The monoisotopic (exact) mass is 256 g/mol. The summed E-state index contributed by atoms with van der Waals surface area (Å²) >= 11 is 0. The molecule has 2 aliphatic rings. The van der Waals surface area contributed by atoms with E-state index in [4.69, 9.17) is 10.5 Å². The van der Waals surface area contributed by atoms with Crippen LogP contribution in [-0.2, 0) is 11.3 Å². The first-order chi connectivity index (χ1) is 9.33. The third-order valence-corrected chi connectivity index (χ3v) is 3.79. The molecule has 2 saturated heterocycles. The molecule has 0 aliphatic carbocycles. The lowest BCUT2D eigenvalue weighted by atomic mass is 10.1. The molecule has 3 nitrogen and oxygen atoms in total. The molecule has 2 unspecified atom stereocenters. The molecule has 2 N–H and O–H groups in total. The maximum absolute atomic E-state index is 5.86. The minimum Gasteiger partial charge on any atom is -0.372 e. The first kappa shape index (κ1) is 12.7. The van der Waals surface area contributed by atoms with Crippen molar-refractivity contribution in [3.63, 3.8) is 0 Å². The summed E-state index contributed by atoms with van der Waals surface area (Å²) in [5.74, 6) is 6.00. The van der Waals surface area contributed by atoms with Crippen molar-refractivity contribution in [2.75, 3.05) is 19.6 Å². The van der Waals surface area contributed by atoms with Gasteiger partial charge in [0.15, 0.2) is 0 Å². The lowest BCUT2D eigenvalue weighted by Gasteiger charge is -2.32. The van der Waals surface area contributed by atoms with Gasteiger partial charge in [-0.3, -0.25) is 4.90 Å². The van der Waals surface area contributed by atoms with Crippen molar-refractivity contribution < 1.29 is 4.74 Å². The summed E-state index contributed by atoms with van der Waals surface area (Å²) in [4.78, 5) is 2.50. The highest BCUT2D eigenvalue weighted by atomic mass is 16.5. The van der Waals surface area contributed by atoms with Crippen molar-refractivity contribution in [2.24, 2.45) is 5.73 Å². The number of benzene rings is 1. The van der Waals surface area contributed by atoms with Crippen molar-refractivity contribution in [1.82, 2.24) is 4.90 Å². The summed E-state index contributed by atoms with van der Waals surface area (Å²) in [6.07, 6.45) is 3.37. The van der Waals surface area contributed by atoms with Crippen LogP contribution in [-0.4, -0.2) is 36.7 Å². The van der Waals surface area contributed by atoms with Gasteiger partial charge in [-0.2, -0.15) is 0 Å². The van der Waals surface area contributed by atoms with Crippen molar-refractivity contribution in [3.05, 3.63) is 35.4 Å². The summed E-state index contributed by atoms with van der Waals surface area (Å²) in [5.41, 5.74) is 7.78. The second-order valence-corrected chi connectivity index (χ2v) is 5.36. The molecule has 2 bridgehead atoms. The van der Waals surface area contributed by atoms with E-state index < -0.39 is 0 Å². The highest BCUT2D eigenvalue weighted by Crippen LogP contribution is 2.27. The maximum Gasteiger partial charge on any atom is 0.0707 e. The number of hydrogen-bond donors (Lipinski definition) is 1. The van der Waals surface area contributed by atoms with E-state index in [-0.39, 0.29) is 0 Å². The van der Waals surface area contributed by atoms with E-state index in [0.717, 1.165) is 25.2 Å². The van der Waals surface area contributed by atoms with Gasteiger partial charge in [0.05, 0.1) is 18.8 Å². The van der Waals surface area contributed by atoms with E-state index in [9.17, 15) is 0 Å². The Morgan fingerprint density at radius 2 is 2.05 bits per heavy atom. The molecular weight excluding hydrogens is 236 g/mol. The van der Waals surface area contributed by atoms with Crippen LogP contribution in [0.2, 0.25) is 0 Å². The number of rotatable bonds is 2. The van der Waals surface area contributed by atoms with Gasteiger partial charge in [0.2, 0.25) is 0 Å². The number of nitrogens with two attached hydrogens (primary N) is 1. The van der Waals surface area contributed by atoms with Crippen molar-refractivity contribution >= 4 is 0 Å². The van der Waals surface area contributed by atoms with E-state index >= 15 is 0 Å². The molecule has 0 amide bonds. The van der Waals surface area contributed by atoms with Crippen LogP contribution in [0.25, 0.3) is 0 Å². The molecule has 3 heteroatoms. The number of hydrogen-bond acceptors (Lipinski definition) is 3. The van der Waals surface area contributed by atoms with Crippen molar-refractivity contribution in [3.8, 4) is 11.8 Å². The predicted molar refractivity (Wildman–Crippen MR) is 75.5 cm³/mol. The molecular formula is C16H20N2O. The minimum atomic E-state index is 0.414. The molecule has 0 spiro atoms. The highest BCUT2D eigenvalue weighted by molar-refractivity contribution is 5.37. The van der Waals surface area contributed by atoms with Crippen LogP contribution in [0.1, 0.15) is 24.0 Å². The Morgan fingerprint density at radius 3 is 2.79 bits per heavy atom. The molecule has 2 atom stereocenters. The lowest BCUT2D eigenvalue weighted by Crippen LogP contribution is -2.41. The summed E-state index contributed by atoms with van der Waals surface area (Å²) < 4.78 is 5.86. The average molecular weight is 256 g/mol. The standard InChI is InChI=1S/C16H20N2O/c17-8-2-5-13-3-1-4-14(9-13)10-18-11-15-6-7-16(12-18)19-15/h1,3-4,9,15-16H,6-8,10-12,17H2. The minimum absolute atomic E-state index is 0.414. The predicted octanol–water partition coefficient (Wildman–Crippen LogP) is 1.36. The van der Waals surface area contributed by atoms with E-state index in [1.54, 1.807) is 0 Å². The van der Waals surface area contributed by atoms with Gasteiger partial charge in [-0.1, -0.05) is 24.0 Å². The maximum atomic E-state index is 5.86. The number of likely N-dealkylation sites (tertiary alicyclic amines) is 1. The summed E-state index contributed by atoms with van der Waals surface area (Å²) in [6, 6.07) is 8.45. The highest BCUT2D eigenvalue weighted by Gasteiger charge is 2.33. The second-order valence-electron chi connectivity index (χ2n) is 5.36. The third-order valence-electron chi connectivity index (χ3n) is 3.79. The van der Waals surface area contributed by atoms with Gasteiger partial charge in [-0.05, 0) is 30.5 Å². The molecule has 0 saturated carbocycles. The Hall–Kier alpha value is -1.34. The topological polar surface area (TPSA) is 38.5 Å². The summed E-state index contributed by atoms with van der Waals surface area (Å²) in [6.45, 7) is 3.54. The van der Waals surface area contributed by atoms with Gasteiger partial charge in [-0.15, -0.1) is 0 Å². The fraction of sp³-hybridized carbons (Fsp3) is 0.500. The van der Waals surface area contributed by atoms with Crippen LogP contribution < -0.4 is 5.73 Å². The molecule has 2 aliphatic heterocycles. The zero-order chi connectivity index (χ0) is 13.1. The summed E-state index contributed by atoms with van der Waals surface area (Å²) in [5, 5.41) is 0. The quantitative estimate of drug-likeness (QED) is 0.812. The Kier molecular flexibility index (Phi) is 3.84. The van der Waals surface area contributed by atoms with Gasteiger partial charge in [-0.25, -0.2) is 0 Å². The molecule has 1 aromatic carbocycles. The molecule has 1 aromatic rings. The normalized spacial score (nSPS) is 25.9. The Morgan fingerprint density at radius 1 is 1.26 bits per heavy atom. The third kappa shape index (κ3) is 3.16. The van der Waals surface area contributed by atoms with Gasteiger partial charge >= 0.3 is 0 Å². The largest absolute Gasteiger partial charge is 0.372 e. The van der Waals surface area contributed by atoms with E-state index in [0.29, 0.717) is 18.8 Å². The number of ether oxygens (including phenoxy) is 1. The van der Waals surface area contributed by atoms with Crippen LogP contribution in [0.5, 0.6) is 0 Å². The Bertz CT molecular complexity index is 491.